The molecule has 5 heteroatoms. The Morgan fingerprint density at radius 2 is 1.84 bits per heavy atom. The molecular formula is C20H20N4O. The first-order valence-electron chi connectivity index (χ1n) is 8.54. The number of nitrogens with zero attached hydrogens (tertiary/aromatic N) is 4. The summed E-state index contributed by atoms with van der Waals surface area (Å²) in [6, 6.07) is 16.1. The van der Waals surface area contributed by atoms with Crippen LogP contribution in [0.25, 0.3) is 0 Å². The summed E-state index contributed by atoms with van der Waals surface area (Å²) in [6.45, 7) is 1.78. The number of pyridine rings is 1. The smallest absolute Gasteiger partial charge is 0.135 e. The lowest BCUT2D eigenvalue weighted by Crippen LogP contribution is -2.25. The lowest BCUT2D eigenvalue weighted by atomic mass is 10.1. The number of ether oxygens (including phenoxy) is 1. The van der Waals surface area contributed by atoms with Crippen molar-refractivity contribution in [1.82, 2.24) is 15.0 Å². The summed E-state index contributed by atoms with van der Waals surface area (Å²) < 4.78 is 6.03. The second kappa shape index (κ2) is 7.30. The Morgan fingerprint density at radius 1 is 1.00 bits per heavy atom. The molecule has 25 heavy (non-hydrogen) atoms. The van der Waals surface area contributed by atoms with Crippen molar-refractivity contribution in [2.45, 2.75) is 18.9 Å². The van der Waals surface area contributed by atoms with Crippen molar-refractivity contribution < 1.29 is 4.74 Å². The van der Waals surface area contributed by atoms with Crippen LogP contribution >= 0.6 is 0 Å². The van der Waals surface area contributed by atoms with Crippen LogP contribution < -0.4 is 9.64 Å². The van der Waals surface area contributed by atoms with Crippen molar-refractivity contribution in [2.24, 2.45) is 0 Å². The van der Waals surface area contributed by atoms with E-state index in [0.29, 0.717) is 0 Å². The molecule has 4 rings (SSSR count). The molecule has 1 aromatic carbocycles. The lowest BCUT2D eigenvalue weighted by Gasteiger charge is -2.18. The molecule has 1 fully saturated rings. The van der Waals surface area contributed by atoms with Gasteiger partial charge in [0.25, 0.3) is 0 Å². The van der Waals surface area contributed by atoms with Crippen LogP contribution in [0.4, 0.5) is 5.82 Å². The minimum absolute atomic E-state index is 0.176. The number of anilines is 1. The molecule has 1 aliphatic rings. The molecule has 1 unspecified atom stereocenters. The van der Waals surface area contributed by atoms with Crippen LogP contribution in [-0.4, -0.2) is 34.1 Å². The van der Waals surface area contributed by atoms with E-state index in [2.05, 4.69) is 27.0 Å². The average molecular weight is 332 g/mol. The zero-order valence-corrected chi connectivity index (χ0v) is 14.0. The highest BCUT2D eigenvalue weighted by Gasteiger charge is 2.25. The van der Waals surface area contributed by atoms with Gasteiger partial charge in [0.05, 0.1) is 6.54 Å². The maximum absolute atomic E-state index is 6.03. The summed E-state index contributed by atoms with van der Waals surface area (Å²) >= 11 is 0. The molecule has 0 radical (unpaired) electrons. The standard InChI is InChI=1S/C20H20N4O/c1-2-4-16(5-3-1)14-19-22-12-8-20(23-19)24-13-9-18(15-24)25-17-6-10-21-11-7-17/h1-8,10-12,18H,9,13-15H2. The van der Waals surface area contributed by atoms with Crippen LogP contribution in [0.2, 0.25) is 0 Å². The third kappa shape index (κ3) is 3.94. The number of aromatic nitrogens is 3. The third-order valence-corrected chi connectivity index (χ3v) is 4.32. The second-order valence-electron chi connectivity index (χ2n) is 6.15. The molecule has 3 heterocycles. The van der Waals surface area contributed by atoms with E-state index in [-0.39, 0.29) is 6.10 Å². The van der Waals surface area contributed by atoms with Crippen molar-refractivity contribution in [2.75, 3.05) is 18.0 Å². The average Bonchev–Trinajstić information content (AvgIpc) is 3.12. The summed E-state index contributed by atoms with van der Waals surface area (Å²) in [7, 11) is 0. The largest absolute Gasteiger partial charge is 0.488 e. The van der Waals surface area contributed by atoms with Gasteiger partial charge in [0.2, 0.25) is 0 Å². The van der Waals surface area contributed by atoms with E-state index in [1.807, 2.05) is 42.6 Å². The topological polar surface area (TPSA) is 51.1 Å². The Labute approximate surface area is 147 Å². The van der Waals surface area contributed by atoms with E-state index in [9.17, 15) is 0 Å². The summed E-state index contributed by atoms with van der Waals surface area (Å²) in [5.74, 6) is 2.69. The van der Waals surface area contributed by atoms with Crippen LogP contribution in [0.3, 0.4) is 0 Å². The highest BCUT2D eigenvalue weighted by Crippen LogP contribution is 2.22. The molecule has 1 saturated heterocycles. The van der Waals surface area contributed by atoms with Gasteiger partial charge >= 0.3 is 0 Å². The third-order valence-electron chi connectivity index (χ3n) is 4.32. The Kier molecular flexibility index (Phi) is 4.55. The van der Waals surface area contributed by atoms with Crippen LogP contribution in [0.1, 0.15) is 17.8 Å². The molecule has 0 saturated carbocycles. The predicted molar refractivity (Wildman–Crippen MR) is 96.8 cm³/mol. The Bertz CT molecular complexity index is 810. The van der Waals surface area contributed by atoms with Crippen LogP contribution in [-0.2, 0) is 6.42 Å². The van der Waals surface area contributed by atoms with Crippen molar-refractivity contribution in [3.05, 3.63) is 78.5 Å². The second-order valence-corrected chi connectivity index (χ2v) is 6.15. The molecule has 0 N–H and O–H groups in total. The molecule has 5 nitrogen and oxygen atoms in total. The molecule has 2 aromatic heterocycles. The molecule has 0 spiro atoms. The molecular weight excluding hydrogens is 312 g/mol. The minimum atomic E-state index is 0.176. The zero-order chi connectivity index (χ0) is 16.9. The molecule has 0 aliphatic carbocycles. The van der Waals surface area contributed by atoms with Crippen molar-refractivity contribution in [1.29, 1.82) is 0 Å². The van der Waals surface area contributed by atoms with E-state index in [0.717, 1.165) is 43.3 Å². The van der Waals surface area contributed by atoms with Gasteiger partial charge in [-0.1, -0.05) is 30.3 Å². The number of benzene rings is 1. The zero-order valence-electron chi connectivity index (χ0n) is 14.0. The maximum atomic E-state index is 6.03. The van der Waals surface area contributed by atoms with Gasteiger partial charge in [0, 0.05) is 38.0 Å². The van der Waals surface area contributed by atoms with E-state index in [1.165, 1.54) is 5.56 Å². The molecule has 1 atom stereocenters. The SMILES string of the molecule is c1ccc(Cc2nccc(N3CCC(Oc4ccncc4)C3)n2)cc1. The summed E-state index contributed by atoms with van der Waals surface area (Å²) in [4.78, 5) is 15.4. The van der Waals surface area contributed by atoms with Gasteiger partial charge < -0.3 is 9.64 Å². The first-order chi connectivity index (χ1) is 12.4. The normalized spacial score (nSPS) is 16.8. The highest BCUT2D eigenvalue weighted by molar-refractivity contribution is 5.40. The summed E-state index contributed by atoms with van der Waals surface area (Å²) in [5, 5.41) is 0. The van der Waals surface area contributed by atoms with E-state index >= 15 is 0 Å². The Balaban J connectivity index is 1.41. The van der Waals surface area contributed by atoms with Gasteiger partial charge in [0.15, 0.2) is 0 Å². The quantitative estimate of drug-likeness (QED) is 0.718. The van der Waals surface area contributed by atoms with Gasteiger partial charge in [-0.2, -0.15) is 0 Å². The lowest BCUT2D eigenvalue weighted by molar-refractivity contribution is 0.224. The van der Waals surface area contributed by atoms with E-state index in [1.54, 1.807) is 12.4 Å². The van der Waals surface area contributed by atoms with Crippen LogP contribution in [0, 0.1) is 0 Å². The first-order valence-corrected chi connectivity index (χ1v) is 8.54. The first kappa shape index (κ1) is 15.6. The van der Waals surface area contributed by atoms with Gasteiger partial charge in [-0.3, -0.25) is 4.98 Å². The van der Waals surface area contributed by atoms with Gasteiger partial charge in [-0.15, -0.1) is 0 Å². The molecule has 3 aromatic rings. The van der Waals surface area contributed by atoms with E-state index < -0.39 is 0 Å². The van der Waals surface area contributed by atoms with Crippen molar-refractivity contribution in [3.8, 4) is 5.75 Å². The van der Waals surface area contributed by atoms with Crippen molar-refractivity contribution in [3.63, 3.8) is 0 Å². The fraction of sp³-hybridized carbons (Fsp3) is 0.250. The van der Waals surface area contributed by atoms with Gasteiger partial charge in [-0.25, -0.2) is 9.97 Å². The van der Waals surface area contributed by atoms with Crippen LogP contribution in [0.5, 0.6) is 5.75 Å². The number of hydrogen-bond donors (Lipinski definition) is 0. The summed E-state index contributed by atoms with van der Waals surface area (Å²) in [6.07, 6.45) is 7.26. The Hall–Kier alpha value is -2.95. The predicted octanol–water partition coefficient (Wildman–Crippen LogP) is 3.12. The molecule has 126 valence electrons. The van der Waals surface area contributed by atoms with E-state index in [4.69, 9.17) is 9.72 Å². The fourth-order valence-electron chi connectivity index (χ4n) is 3.07. The Morgan fingerprint density at radius 3 is 2.68 bits per heavy atom. The molecule has 0 bridgehead atoms. The van der Waals surface area contributed by atoms with Crippen LogP contribution in [0.15, 0.2) is 67.1 Å². The van der Waals surface area contributed by atoms with Gasteiger partial charge in [-0.05, 0) is 23.8 Å². The van der Waals surface area contributed by atoms with Crippen molar-refractivity contribution >= 4 is 5.82 Å². The van der Waals surface area contributed by atoms with Gasteiger partial charge in [0.1, 0.15) is 23.5 Å². The maximum Gasteiger partial charge on any atom is 0.135 e. The highest BCUT2D eigenvalue weighted by atomic mass is 16.5. The minimum Gasteiger partial charge on any atom is -0.488 e. The number of hydrogen-bond acceptors (Lipinski definition) is 5. The number of rotatable bonds is 5. The summed E-state index contributed by atoms with van der Waals surface area (Å²) in [5.41, 5.74) is 1.22. The fourth-order valence-corrected chi connectivity index (χ4v) is 3.07. The molecule has 1 aliphatic heterocycles. The monoisotopic (exact) mass is 332 g/mol. The molecule has 0 amide bonds.